The van der Waals surface area contributed by atoms with E-state index in [2.05, 4.69) is 22.2 Å². The van der Waals surface area contributed by atoms with Crippen molar-refractivity contribution >= 4 is 27.4 Å². The lowest BCUT2D eigenvalue weighted by molar-refractivity contribution is 0.397. The van der Waals surface area contributed by atoms with E-state index in [1.165, 1.54) is 22.2 Å². The van der Waals surface area contributed by atoms with Crippen molar-refractivity contribution in [1.82, 2.24) is 9.97 Å². The minimum Gasteiger partial charge on any atom is -0.497 e. The number of fused-ring (bicyclic) bond motifs is 3. The number of hydrogen-bond donors (Lipinski definition) is 1. The van der Waals surface area contributed by atoms with Crippen LogP contribution in [0.25, 0.3) is 10.2 Å². The summed E-state index contributed by atoms with van der Waals surface area (Å²) in [6.45, 7) is 2.11. The van der Waals surface area contributed by atoms with Crippen molar-refractivity contribution in [3.05, 3.63) is 40.5 Å². The van der Waals surface area contributed by atoms with Gasteiger partial charge in [-0.05, 0) is 49.9 Å². The number of thiophene rings is 1. The number of aryl methyl sites for hydroxylation is 2. The van der Waals surface area contributed by atoms with Gasteiger partial charge in [-0.3, -0.25) is 0 Å². The highest BCUT2D eigenvalue weighted by atomic mass is 32.1. The summed E-state index contributed by atoms with van der Waals surface area (Å²) in [5, 5.41) is 4.75. The van der Waals surface area contributed by atoms with E-state index in [1.807, 2.05) is 18.2 Å². The number of benzene rings is 1. The Bertz CT molecular complexity index is 922. The molecule has 25 heavy (non-hydrogen) atoms. The van der Waals surface area contributed by atoms with E-state index < -0.39 is 0 Å². The normalized spacial score (nSPS) is 14.4. The molecule has 2 aromatic heterocycles. The molecule has 0 bridgehead atoms. The average molecular weight is 355 g/mol. The molecule has 2 heterocycles. The molecular formula is C19H21N3O2S. The van der Waals surface area contributed by atoms with Gasteiger partial charge in [-0.2, -0.15) is 0 Å². The van der Waals surface area contributed by atoms with E-state index in [9.17, 15) is 0 Å². The predicted molar refractivity (Wildman–Crippen MR) is 101 cm³/mol. The maximum Gasteiger partial charge on any atom is 0.138 e. The zero-order valence-corrected chi connectivity index (χ0v) is 15.4. The van der Waals surface area contributed by atoms with Crippen LogP contribution in [0.4, 0.5) is 5.82 Å². The van der Waals surface area contributed by atoms with E-state index in [4.69, 9.17) is 9.47 Å². The zero-order valence-electron chi connectivity index (χ0n) is 14.6. The van der Waals surface area contributed by atoms with Gasteiger partial charge in [0.05, 0.1) is 25.6 Å². The van der Waals surface area contributed by atoms with Gasteiger partial charge in [0.1, 0.15) is 28.5 Å². The molecule has 0 fully saturated rings. The highest BCUT2D eigenvalue weighted by molar-refractivity contribution is 7.19. The molecule has 0 unspecified atom stereocenters. The summed E-state index contributed by atoms with van der Waals surface area (Å²) in [4.78, 5) is 11.5. The van der Waals surface area contributed by atoms with E-state index >= 15 is 0 Å². The highest BCUT2D eigenvalue weighted by Crippen LogP contribution is 2.40. The Morgan fingerprint density at radius 3 is 2.84 bits per heavy atom. The second-order valence-corrected chi connectivity index (χ2v) is 7.32. The van der Waals surface area contributed by atoms with Crippen LogP contribution in [0, 0.1) is 0 Å². The summed E-state index contributed by atoms with van der Waals surface area (Å²) in [6.07, 6.45) is 5.15. The molecule has 1 aliphatic carbocycles. The lowest BCUT2D eigenvalue weighted by atomic mass is 10.1. The Morgan fingerprint density at radius 1 is 1.16 bits per heavy atom. The number of aromatic nitrogens is 2. The van der Waals surface area contributed by atoms with Crippen LogP contribution in [0.3, 0.4) is 0 Å². The van der Waals surface area contributed by atoms with Crippen molar-refractivity contribution in [2.45, 2.75) is 32.2 Å². The molecule has 6 heteroatoms. The summed E-state index contributed by atoms with van der Waals surface area (Å²) in [5.41, 5.74) is 2.47. The molecular weight excluding hydrogens is 334 g/mol. The number of methoxy groups -OCH3 is 2. The van der Waals surface area contributed by atoms with Gasteiger partial charge in [-0.15, -0.1) is 11.3 Å². The Morgan fingerprint density at radius 2 is 2.04 bits per heavy atom. The monoisotopic (exact) mass is 355 g/mol. The van der Waals surface area contributed by atoms with Crippen molar-refractivity contribution in [3.63, 3.8) is 0 Å². The number of nitrogens with zero attached hydrogens (tertiary/aromatic N) is 2. The minimum absolute atomic E-state index is 0.0279. The van der Waals surface area contributed by atoms with Crippen molar-refractivity contribution in [1.29, 1.82) is 0 Å². The number of hydrogen-bond acceptors (Lipinski definition) is 6. The summed E-state index contributed by atoms with van der Waals surface area (Å²) in [7, 11) is 3.36. The van der Waals surface area contributed by atoms with Gasteiger partial charge in [0.15, 0.2) is 0 Å². The fourth-order valence-electron chi connectivity index (χ4n) is 3.50. The van der Waals surface area contributed by atoms with Gasteiger partial charge < -0.3 is 14.8 Å². The van der Waals surface area contributed by atoms with Crippen LogP contribution in [-0.2, 0) is 12.8 Å². The fraction of sp³-hybridized carbons (Fsp3) is 0.368. The Hall–Kier alpha value is -2.34. The van der Waals surface area contributed by atoms with Gasteiger partial charge >= 0.3 is 0 Å². The molecule has 0 aliphatic heterocycles. The van der Waals surface area contributed by atoms with Gasteiger partial charge in [0.2, 0.25) is 0 Å². The quantitative estimate of drug-likeness (QED) is 0.736. The van der Waals surface area contributed by atoms with Crippen LogP contribution in [0.1, 0.15) is 35.4 Å². The van der Waals surface area contributed by atoms with Crippen molar-refractivity contribution in [3.8, 4) is 11.5 Å². The van der Waals surface area contributed by atoms with Crippen LogP contribution in [0.5, 0.6) is 11.5 Å². The first-order valence-corrected chi connectivity index (χ1v) is 9.26. The van der Waals surface area contributed by atoms with Crippen LogP contribution >= 0.6 is 11.3 Å². The molecule has 0 amide bonds. The molecule has 1 aromatic carbocycles. The maximum absolute atomic E-state index is 5.52. The average Bonchev–Trinajstić information content (AvgIpc) is 3.22. The third-order valence-corrected chi connectivity index (χ3v) is 5.96. The first-order valence-electron chi connectivity index (χ1n) is 8.45. The Kier molecular flexibility index (Phi) is 4.21. The zero-order chi connectivity index (χ0) is 17.4. The first kappa shape index (κ1) is 16.1. The topological polar surface area (TPSA) is 56.3 Å². The second-order valence-electron chi connectivity index (χ2n) is 6.23. The fourth-order valence-corrected chi connectivity index (χ4v) is 4.73. The molecule has 1 aliphatic rings. The smallest absolute Gasteiger partial charge is 0.138 e. The third-order valence-electron chi connectivity index (χ3n) is 4.76. The minimum atomic E-state index is 0.0279. The number of rotatable bonds is 5. The SMILES string of the molecule is COc1ccc(OC)c([C@H](C)Nc2ncnc3sc4c(c23)CCC4)c1. The van der Waals surface area contributed by atoms with Gasteiger partial charge in [-0.1, -0.05) is 0 Å². The molecule has 1 N–H and O–H groups in total. The van der Waals surface area contributed by atoms with Crippen molar-refractivity contribution < 1.29 is 9.47 Å². The summed E-state index contributed by atoms with van der Waals surface area (Å²) in [6, 6.07) is 5.88. The second kappa shape index (κ2) is 6.52. The van der Waals surface area contributed by atoms with E-state index in [-0.39, 0.29) is 6.04 Å². The number of anilines is 1. The molecule has 1 atom stereocenters. The molecule has 130 valence electrons. The van der Waals surface area contributed by atoms with Crippen LogP contribution in [-0.4, -0.2) is 24.2 Å². The molecule has 0 spiro atoms. The van der Waals surface area contributed by atoms with E-state index in [0.29, 0.717) is 0 Å². The highest BCUT2D eigenvalue weighted by Gasteiger charge is 2.22. The Labute approximate surface area is 151 Å². The molecule has 0 saturated heterocycles. The van der Waals surface area contributed by atoms with Gasteiger partial charge in [0.25, 0.3) is 0 Å². The number of nitrogens with one attached hydrogen (secondary N) is 1. The Balaban J connectivity index is 1.72. The predicted octanol–water partition coefficient (Wildman–Crippen LogP) is 4.37. The standard InChI is InChI=1S/C19H21N3O2S/c1-11(14-9-12(23-2)7-8-15(14)24-3)22-18-17-13-5-4-6-16(13)25-19(17)21-10-20-18/h7-11H,4-6H2,1-3H3,(H,20,21,22)/t11-/m0/s1. The lowest BCUT2D eigenvalue weighted by Crippen LogP contribution is -2.10. The third kappa shape index (κ3) is 2.80. The first-order chi connectivity index (χ1) is 12.2. The van der Waals surface area contributed by atoms with E-state index in [1.54, 1.807) is 31.9 Å². The van der Waals surface area contributed by atoms with Gasteiger partial charge in [-0.25, -0.2) is 9.97 Å². The van der Waals surface area contributed by atoms with Crippen LogP contribution in [0.2, 0.25) is 0 Å². The molecule has 0 saturated carbocycles. The molecule has 4 rings (SSSR count). The number of ether oxygens (including phenoxy) is 2. The van der Waals surface area contributed by atoms with Crippen LogP contribution < -0.4 is 14.8 Å². The maximum atomic E-state index is 5.52. The van der Waals surface area contributed by atoms with E-state index in [0.717, 1.165) is 40.6 Å². The molecule has 5 nitrogen and oxygen atoms in total. The summed E-state index contributed by atoms with van der Waals surface area (Å²) < 4.78 is 10.9. The van der Waals surface area contributed by atoms with Gasteiger partial charge in [0, 0.05) is 10.4 Å². The molecule has 0 radical (unpaired) electrons. The van der Waals surface area contributed by atoms with Crippen molar-refractivity contribution in [2.24, 2.45) is 0 Å². The van der Waals surface area contributed by atoms with Crippen LogP contribution in [0.15, 0.2) is 24.5 Å². The largest absolute Gasteiger partial charge is 0.497 e. The summed E-state index contributed by atoms with van der Waals surface area (Å²) in [5.74, 6) is 2.55. The van der Waals surface area contributed by atoms with Crippen molar-refractivity contribution in [2.75, 3.05) is 19.5 Å². The summed E-state index contributed by atoms with van der Waals surface area (Å²) >= 11 is 1.80. The molecule has 3 aromatic rings. The lowest BCUT2D eigenvalue weighted by Gasteiger charge is -2.19.